The van der Waals surface area contributed by atoms with Crippen molar-refractivity contribution in [2.75, 3.05) is 0 Å². The molecule has 25 heavy (non-hydrogen) atoms. The Morgan fingerprint density at radius 1 is 0.760 bits per heavy atom. The van der Waals surface area contributed by atoms with Crippen molar-refractivity contribution < 1.29 is 4.79 Å². The molecule has 0 aromatic heterocycles. The number of nitrogens with one attached hydrogen (secondary N) is 1. The maximum atomic E-state index is 12.3. The second-order valence-electron chi connectivity index (χ2n) is 5.95. The fourth-order valence-corrected chi connectivity index (χ4v) is 2.50. The van der Waals surface area contributed by atoms with Gasteiger partial charge in [0.15, 0.2) is 0 Å². The third kappa shape index (κ3) is 4.21. The van der Waals surface area contributed by atoms with Crippen LogP contribution in [0.1, 0.15) is 28.4 Å². The van der Waals surface area contributed by atoms with Crippen LogP contribution >= 0.6 is 0 Å². The van der Waals surface area contributed by atoms with Gasteiger partial charge in [-0.2, -0.15) is 5.10 Å². The van der Waals surface area contributed by atoms with Crippen LogP contribution in [0.2, 0.25) is 0 Å². The molecule has 0 fully saturated rings. The lowest BCUT2D eigenvalue weighted by molar-refractivity contribution is 0.0955. The lowest BCUT2D eigenvalue weighted by Crippen LogP contribution is -2.19. The summed E-state index contributed by atoms with van der Waals surface area (Å²) < 4.78 is 0. The van der Waals surface area contributed by atoms with Gasteiger partial charge in [-0.25, -0.2) is 5.43 Å². The number of aryl methyl sites for hydroxylation is 1. The summed E-state index contributed by atoms with van der Waals surface area (Å²) in [5.74, 6) is -0.217. The van der Waals surface area contributed by atoms with E-state index in [0.717, 1.165) is 22.4 Å². The Hall–Kier alpha value is -3.20. The highest BCUT2D eigenvalue weighted by molar-refractivity contribution is 6.01. The summed E-state index contributed by atoms with van der Waals surface area (Å²) in [6, 6.07) is 25.6. The fraction of sp³-hybridized carbons (Fsp3) is 0.0909. The van der Waals surface area contributed by atoms with E-state index < -0.39 is 0 Å². The minimum absolute atomic E-state index is 0.217. The minimum Gasteiger partial charge on any atom is -0.267 e. The van der Waals surface area contributed by atoms with Crippen molar-refractivity contribution >= 4 is 11.6 Å². The number of hydrogen-bond acceptors (Lipinski definition) is 2. The van der Waals surface area contributed by atoms with Gasteiger partial charge in [-0.3, -0.25) is 4.79 Å². The predicted octanol–water partition coefficient (Wildman–Crippen LogP) is 4.82. The van der Waals surface area contributed by atoms with Crippen LogP contribution in [0, 0.1) is 6.92 Å². The first-order chi connectivity index (χ1) is 12.1. The SMILES string of the molecule is C/C(=N\NC(=O)c1ccc(-c2ccccc2)cc1)c1ccc(C)cc1. The highest BCUT2D eigenvalue weighted by Gasteiger charge is 2.06. The molecule has 0 atom stereocenters. The maximum Gasteiger partial charge on any atom is 0.271 e. The van der Waals surface area contributed by atoms with Crippen LogP contribution in [-0.4, -0.2) is 11.6 Å². The second kappa shape index (κ2) is 7.58. The monoisotopic (exact) mass is 328 g/mol. The zero-order valence-corrected chi connectivity index (χ0v) is 14.4. The number of hydrogen-bond donors (Lipinski definition) is 1. The molecular formula is C22H20N2O. The van der Waals surface area contributed by atoms with E-state index >= 15 is 0 Å². The smallest absolute Gasteiger partial charge is 0.267 e. The van der Waals surface area contributed by atoms with Gasteiger partial charge in [-0.15, -0.1) is 0 Å². The van der Waals surface area contributed by atoms with E-state index in [-0.39, 0.29) is 5.91 Å². The van der Waals surface area contributed by atoms with Crippen LogP contribution in [0.4, 0.5) is 0 Å². The van der Waals surface area contributed by atoms with Gasteiger partial charge in [0.2, 0.25) is 0 Å². The molecule has 3 rings (SSSR count). The summed E-state index contributed by atoms with van der Waals surface area (Å²) in [4.78, 5) is 12.3. The van der Waals surface area contributed by atoms with Crippen LogP contribution in [0.5, 0.6) is 0 Å². The summed E-state index contributed by atoms with van der Waals surface area (Å²) in [6.45, 7) is 3.92. The molecule has 1 amide bonds. The largest absolute Gasteiger partial charge is 0.271 e. The van der Waals surface area contributed by atoms with Crippen molar-refractivity contribution in [3.8, 4) is 11.1 Å². The Balaban J connectivity index is 1.69. The van der Waals surface area contributed by atoms with E-state index in [1.165, 1.54) is 5.56 Å². The topological polar surface area (TPSA) is 41.5 Å². The van der Waals surface area contributed by atoms with Crippen molar-refractivity contribution in [3.05, 3.63) is 95.6 Å². The molecule has 0 heterocycles. The highest BCUT2D eigenvalue weighted by atomic mass is 16.2. The maximum absolute atomic E-state index is 12.3. The number of nitrogens with zero attached hydrogens (tertiary/aromatic N) is 1. The molecule has 0 aliphatic rings. The van der Waals surface area contributed by atoms with Gasteiger partial charge < -0.3 is 0 Å². The molecule has 124 valence electrons. The molecule has 3 aromatic carbocycles. The first-order valence-electron chi connectivity index (χ1n) is 8.20. The third-order valence-corrected chi connectivity index (χ3v) is 4.05. The molecule has 3 aromatic rings. The van der Waals surface area contributed by atoms with Crippen LogP contribution in [0.25, 0.3) is 11.1 Å². The quantitative estimate of drug-likeness (QED) is 0.541. The highest BCUT2D eigenvalue weighted by Crippen LogP contribution is 2.19. The van der Waals surface area contributed by atoms with E-state index in [4.69, 9.17) is 0 Å². The van der Waals surface area contributed by atoms with Crippen LogP contribution in [0.15, 0.2) is 84.0 Å². The van der Waals surface area contributed by atoms with Gasteiger partial charge in [-0.05, 0) is 42.7 Å². The third-order valence-electron chi connectivity index (χ3n) is 4.05. The number of benzene rings is 3. The second-order valence-corrected chi connectivity index (χ2v) is 5.95. The summed E-state index contributed by atoms with van der Waals surface area (Å²) in [5, 5.41) is 4.20. The van der Waals surface area contributed by atoms with Gasteiger partial charge in [0.25, 0.3) is 5.91 Å². The Morgan fingerprint density at radius 2 is 1.32 bits per heavy atom. The molecule has 0 radical (unpaired) electrons. The van der Waals surface area contributed by atoms with Gasteiger partial charge in [0.1, 0.15) is 0 Å². The number of carbonyl (C=O) groups excluding carboxylic acids is 1. The van der Waals surface area contributed by atoms with Crippen molar-refractivity contribution in [2.45, 2.75) is 13.8 Å². The van der Waals surface area contributed by atoms with E-state index in [0.29, 0.717) is 5.56 Å². The predicted molar refractivity (Wildman–Crippen MR) is 103 cm³/mol. The van der Waals surface area contributed by atoms with Crippen LogP contribution < -0.4 is 5.43 Å². The van der Waals surface area contributed by atoms with Crippen LogP contribution in [0.3, 0.4) is 0 Å². The molecule has 0 bridgehead atoms. The average Bonchev–Trinajstić information content (AvgIpc) is 2.67. The standard InChI is InChI=1S/C22H20N2O/c1-16-8-10-18(11-9-16)17(2)23-24-22(25)21-14-12-20(13-15-21)19-6-4-3-5-7-19/h3-15H,1-2H3,(H,24,25)/b23-17+. The zero-order valence-electron chi connectivity index (χ0n) is 14.4. The van der Waals surface area contributed by atoms with Crippen molar-refractivity contribution in [1.29, 1.82) is 0 Å². The number of carbonyl (C=O) groups is 1. The summed E-state index contributed by atoms with van der Waals surface area (Å²) in [5.41, 5.74) is 8.37. The van der Waals surface area contributed by atoms with Gasteiger partial charge in [0.05, 0.1) is 5.71 Å². The lowest BCUT2D eigenvalue weighted by Gasteiger charge is -2.05. The number of rotatable bonds is 4. The molecular weight excluding hydrogens is 308 g/mol. The molecule has 1 N–H and O–H groups in total. The molecule has 0 spiro atoms. The van der Waals surface area contributed by atoms with E-state index in [2.05, 4.69) is 10.5 Å². The van der Waals surface area contributed by atoms with Crippen molar-refractivity contribution in [3.63, 3.8) is 0 Å². The summed E-state index contributed by atoms with van der Waals surface area (Å²) >= 11 is 0. The minimum atomic E-state index is -0.217. The Morgan fingerprint density at radius 3 is 1.96 bits per heavy atom. The summed E-state index contributed by atoms with van der Waals surface area (Å²) in [6.07, 6.45) is 0. The molecule has 0 aliphatic carbocycles. The Bertz CT molecular complexity index is 880. The summed E-state index contributed by atoms with van der Waals surface area (Å²) in [7, 11) is 0. The average molecular weight is 328 g/mol. The van der Waals surface area contributed by atoms with E-state index in [1.807, 2.05) is 92.7 Å². The van der Waals surface area contributed by atoms with Crippen LogP contribution in [-0.2, 0) is 0 Å². The Kier molecular flexibility index (Phi) is 5.05. The fourth-order valence-electron chi connectivity index (χ4n) is 2.50. The molecule has 3 nitrogen and oxygen atoms in total. The first kappa shape index (κ1) is 16.7. The zero-order chi connectivity index (χ0) is 17.6. The molecule has 3 heteroatoms. The van der Waals surface area contributed by atoms with Gasteiger partial charge >= 0.3 is 0 Å². The number of hydrazone groups is 1. The molecule has 0 saturated carbocycles. The van der Waals surface area contributed by atoms with Gasteiger partial charge in [0, 0.05) is 5.56 Å². The van der Waals surface area contributed by atoms with Crippen molar-refractivity contribution in [2.24, 2.45) is 5.10 Å². The Labute approximate surface area is 148 Å². The van der Waals surface area contributed by atoms with Gasteiger partial charge in [-0.1, -0.05) is 72.3 Å². The lowest BCUT2D eigenvalue weighted by atomic mass is 10.0. The molecule has 0 unspecified atom stereocenters. The van der Waals surface area contributed by atoms with Crippen molar-refractivity contribution in [1.82, 2.24) is 5.43 Å². The molecule has 0 saturated heterocycles. The first-order valence-corrected chi connectivity index (χ1v) is 8.20. The van der Waals surface area contributed by atoms with E-state index in [9.17, 15) is 4.79 Å². The number of amides is 1. The van der Waals surface area contributed by atoms with E-state index in [1.54, 1.807) is 0 Å². The normalized spacial score (nSPS) is 11.2. The molecule has 0 aliphatic heterocycles.